The van der Waals surface area contributed by atoms with Gasteiger partial charge in [-0.2, -0.15) is 0 Å². The number of hydrogen-bond acceptors (Lipinski definition) is 5. The van der Waals surface area contributed by atoms with Gasteiger partial charge >= 0.3 is 0 Å². The minimum absolute atomic E-state index is 0.0356. The molecule has 25 heavy (non-hydrogen) atoms. The molecule has 7 heteroatoms. The van der Waals surface area contributed by atoms with Crippen LogP contribution in [0.1, 0.15) is 37.7 Å². The minimum Gasteiger partial charge on any atom is -0.483 e. The van der Waals surface area contributed by atoms with Gasteiger partial charge in [0.2, 0.25) is 0 Å². The van der Waals surface area contributed by atoms with Crippen LogP contribution >= 0.6 is 24.0 Å². The SMILES string of the molecule is NC(=O)COc1ccccc1/C=C1\SC(=S)N(C2CCCCC2)C1=O. The van der Waals surface area contributed by atoms with E-state index in [4.69, 9.17) is 22.7 Å². The van der Waals surface area contributed by atoms with Crippen LogP contribution in [0, 0.1) is 0 Å². The molecule has 1 aromatic carbocycles. The maximum atomic E-state index is 12.8. The standard InChI is InChI=1S/C18H20N2O3S2/c19-16(21)11-23-14-9-5-4-6-12(14)10-15-17(22)20(18(24)25-15)13-7-2-1-3-8-13/h4-6,9-10,13H,1-3,7-8,11H2,(H2,19,21)/b15-10-. The van der Waals surface area contributed by atoms with Gasteiger partial charge in [-0.15, -0.1) is 0 Å². The Balaban J connectivity index is 1.81. The van der Waals surface area contributed by atoms with Crippen LogP contribution in [0.3, 0.4) is 0 Å². The van der Waals surface area contributed by atoms with E-state index in [1.807, 2.05) is 12.1 Å². The summed E-state index contributed by atoms with van der Waals surface area (Å²) in [5.74, 6) is -0.0609. The van der Waals surface area contributed by atoms with E-state index >= 15 is 0 Å². The third-order valence-electron chi connectivity index (χ3n) is 4.34. The average Bonchev–Trinajstić information content (AvgIpc) is 2.88. The summed E-state index contributed by atoms with van der Waals surface area (Å²) in [5.41, 5.74) is 5.86. The first-order valence-corrected chi connectivity index (χ1v) is 9.56. The van der Waals surface area contributed by atoms with E-state index in [2.05, 4.69) is 0 Å². The van der Waals surface area contributed by atoms with Crippen LogP contribution in [-0.2, 0) is 9.59 Å². The number of para-hydroxylation sites is 1. The first kappa shape index (κ1) is 17.9. The maximum Gasteiger partial charge on any atom is 0.266 e. The third kappa shape index (κ3) is 4.22. The highest BCUT2D eigenvalue weighted by atomic mass is 32.2. The van der Waals surface area contributed by atoms with Crippen molar-refractivity contribution < 1.29 is 14.3 Å². The fourth-order valence-electron chi connectivity index (χ4n) is 3.16. The lowest BCUT2D eigenvalue weighted by Crippen LogP contribution is -2.39. The number of rotatable bonds is 5. The number of carbonyl (C=O) groups is 2. The summed E-state index contributed by atoms with van der Waals surface area (Å²) < 4.78 is 6.05. The number of hydrogen-bond donors (Lipinski definition) is 1. The molecule has 2 fully saturated rings. The summed E-state index contributed by atoms with van der Waals surface area (Å²) in [6, 6.07) is 7.46. The summed E-state index contributed by atoms with van der Waals surface area (Å²) in [6.45, 7) is -0.201. The van der Waals surface area contributed by atoms with Crippen molar-refractivity contribution in [1.29, 1.82) is 0 Å². The van der Waals surface area contributed by atoms with E-state index in [-0.39, 0.29) is 18.6 Å². The van der Waals surface area contributed by atoms with E-state index < -0.39 is 5.91 Å². The highest BCUT2D eigenvalue weighted by Gasteiger charge is 2.37. The van der Waals surface area contributed by atoms with Gasteiger partial charge in [0.15, 0.2) is 6.61 Å². The summed E-state index contributed by atoms with van der Waals surface area (Å²) >= 11 is 6.77. The van der Waals surface area contributed by atoms with Crippen LogP contribution in [-0.4, -0.2) is 33.7 Å². The second-order valence-corrected chi connectivity index (χ2v) is 7.81. The van der Waals surface area contributed by atoms with E-state index in [1.165, 1.54) is 18.2 Å². The Kier molecular flexibility index (Phi) is 5.75. The van der Waals surface area contributed by atoms with Gasteiger partial charge in [0.25, 0.3) is 11.8 Å². The lowest BCUT2D eigenvalue weighted by molar-refractivity contribution is -0.124. The smallest absolute Gasteiger partial charge is 0.266 e. The topological polar surface area (TPSA) is 72.6 Å². The maximum absolute atomic E-state index is 12.8. The molecule has 2 aliphatic rings. The molecule has 5 nitrogen and oxygen atoms in total. The monoisotopic (exact) mass is 376 g/mol. The molecule has 132 valence electrons. The molecular formula is C18H20N2O3S2. The van der Waals surface area contributed by atoms with Crippen LogP contribution in [0.15, 0.2) is 29.2 Å². The van der Waals surface area contributed by atoms with Crippen molar-refractivity contribution in [1.82, 2.24) is 4.90 Å². The number of benzene rings is 1. The highest BCUT2D eigenvalue weighted by molar-refractivity contribution is 8.26. The van der Waals surface area contributed by atoms with E-state index in [0.717, 1.165) is 31.2 Å². The average molecular weight is 377 g/mol. The molecule has 0 atom stereocenters. The van der Waals surface area contributed by atoms with Crippen LogP contribution in [0.25, 0.3) is 6.08 Å². The van der Waals surface area contributed by atoms with Crippen molar-refractivity contribution in [2.75, 3.05) is 6.61 Å². The molecule has 0 aromatic heterocycles. The third-order valence-corrected chi connectivity index (χ3v) is 5.67. The lowest BCUT2D eigenvalue weighted by atomic mass is 9.94. The fraction of sp³-hybridized carbons (Fsp3) is 0.389. The van der Waals surface area contributed by atoms with Gasteiger partial charge in [-0.3, -0.25) is 14.5 Å². The number of nitrogens with zero attached hydrogens (tertiary/aromatic N) is 1. The quantitative estimate of drug-likeness (QED) is 0.631. The Morgan fingerprint density at radius 3 is 2.76 bits per heavy atom. The Labute approximate surface area is 156 Å². The summed E-state index contributed by atoms with van der Waals surface area (Å²) in [4.78, 5) is 26.1. The number of nitrogens with two attached hydrogens (primary N) is 1. The molecule has 2 N–H and O–H groups in total. The molecule has 0 radical (unpaired) electrons. The van der Waals surface area contributed by atoms with Crippen molar-refractivity contribution in [2.45, 2.75) is 38.1 Å². The van der Waals surface area contributed by atoms with Crippen molar-refractivity contribution in [3.8, 4) is 5.75 Å². The Bertz CT molecular complexity index is 727. The van der Waals surface area contributed by atoms with Crippen LogP contribution in [0.5, 0.6) is 5.75 Å². The minimum atomic E-state index is -0.543. The molecule has 1 heterocycles. The number of primary amides is 1. The Hall–Kier alpha value is -1.86. The Morgan fingerprint density at radius 1 is 1.32 bits per heavy atom. The highest BCUT2D eigenvalue weighted by Crippen LogP contribution is 2.38. The van der Waals surface area contributed by atoms with Crippen LogP contribution in [0.2, 0.25) is 0 Å². The predicted octanol–water partition coefficient (Wildman–Crippen LogP) is 3.08. The summed E-state index contributed by atoms with van der Waals surface area (Å²) in [5, 5.41) is 0. The molecule has 3 rings (SSSR count). The van der Waals surface area contributed by atoms with E-state index in [1.54, 1.807) is 23.1 Å². The zero-order chi connectivity index (χ0) is 17.8. The van der Waals surface area contributed by atoms with E-state index in [9.17, 15) is 9.59 Å². The zero-order valence-electron chi connectivity index (χ0n) is 13.8. The molecule has 1 saturated heterocycles. The fourth-order valence-corrected chi connectivity index (χ4v) is 4.55. The molecule has 2 amide bonds. The molecule has 1 aromatic rings. The van der Waals surface area contributed by atoms with Gasteiger partial charge < -0.3 is 10.5 Å². The van der Waals surface area contributed by atoms with Crippen molar-refractivity contribution in [3.63, 3.8) is 0 Å². The van der Waals surface area contributed by atoms with Crippen LogP contribution in [0.4, 0.5) is 0 Å². The molecule has 0 unspecified atom stereocenters. The van der Waals surface area contributed by atoms with Gasteiger partial charge in [0, 0.05) is 11.6 Å². The molecule has 0 spiro atoms. The number of ether oxygens (including phenoxy) is 1. The largest absolute Gasteiger partial charge is 0.483 e. The summed E-state index contributed by atoms with van der Waals surface area (Å²) in [6.07, 6.45) is 7.31. The normalized spacial score (nSPS) is 20.3. The first-order chi connectivity index (χ1) is 12.1. The van der Waals surface area contributed by atoms with E-state index in [0.29, 0.717) is 15.0 Å². The number of thioether (sulfide) groups is 1. The molecule has 0 bridgehead atoms. The number of carbonyl (C=O) groups excluding carboxylic acids is 2. The molecule has 1 aliphatic carbocycles. The van der Waals surface area contributed by atoms with Gasteiger partial charge in [0.05, 0.1) is 4.91 Å². The molecular weight excluding hydrogens is 356 g/mol. The lowest BCUT2D eigenvalue weighted by Gasteiger charge is -2.29. The van der Waals surface area contributed by atoms with Crippen molar-refractivity contribution >= 4 is 46.2 Å². The molecule has 1 aliphatic heterocycles. The second-order valence-electron chi connectivity index (χ2n) is 6.14. The first-order valence-electron chi connectivity index (χ1n) is 8.33. The van der Waals surface area contributed by atoms with Gasteiger partial charge in [-0.05, 0) is 25.0 Å². The van der Waals surface area contributed by atoms with Gasteiger partial charge in [-0.1, -0.05) is 61.4 Å². The Morgan fingerprint density at radius 2 is 2.04 bits per heavy atom. The van der Waals surface area contributed by atoms with Gasteiger partial charge in [0.1, 0.15) is 10.1 Å². The van der Waals surface area contributed by atoms with Gasteiger partial charge in [-0.25, -0.2) is 0 Å². The molecule has 1 saturated carbocycles. The second kappa shape index (κ2) is 8.01. The zero-order valence-corrected chi connectivity index (χ0v) is 15.4. The number of amides is 2. The predicted molar refractivity (Wildman–Crippen MR) is 103 cm³/mol. The van der Waals surface area contributed by atoms with Crippen molar-refractivity contribution in [2.24, 2.45) is 5.73 Å². The summed E-state index contributed by atoms with van der Waals surface area (Å²) in [7, 11) is 0. The van der Waals surface area contributed by atoms with Crippen LogP contribution < -0.4 is 10.5 Å². The van der Waals surface area contributed by atoms with Crippen molar-refractivity contribution in [3.05, 3.63) is 34.7 Å². The number of thiocarbonyl (C=S) groups is 1.